The van der Waals surface area contributed by atoms with Crippen LogP contribution in [0.4, 0.5) is 0 Å². The molecule has 0 aliphatic heterocycles. The number of aromatic amines is 1. The standard InChI is InChI=1S/C25H33N3/c1-15(2)24-22-14-19(18-6-9-21(26-5)10-7-18)8-11-23(22)28-25(24)20-12-16(3)27-17(4)13-20/h8,11-15,18,21,26,28H,6-7,9-10H2,1-5H3. The van der Waals surface area contributed by atoms with Crippen molar-refractivity contribution in [1.82, 2.24) is 15.3 Å². The molecular formula is C25H33N3. The Morgan fingerprint density at radius 2 is 1.68 bits per heavy atom. The fourth-order valence-electron chi connectivity index (χ4n) is 5.01. The van der Waals surface area contributed by atoms with Crippen LogP contribution in [0.3, 0.4) is 0 Å². The van der Waals surface area contributed by atoms with E-state index < -0.39 is 0 Å². The van der Waals surface area contributed by atoms with Gasteiger partial charge in [-0.05, 0) is 93.8 Å². The number of nitrogens with one attached hydrogen (secondary N) is 2. The molecule has 4 rings (SSSR count). The molecule has 0 bridgehead atoms. The number of rotatable bonds is 4. The first-order valence-corrected chi connectivity index (χ1v) is 10.7. The van der Waals surface area contributed by atoms with Gasteiger partial charge < -0.3 is 10.3 Å². The van der Waals surface area contributed by atoms with Crippen molar-refractivity contribution in [2.24, 2.45) is 0 Å². The van der Waals surface area contributed by atoms with Crippen molar-refractivity contribution in [3.8, 4) is 11.3 Å². The lowest BCUT2D eigenvalue weighted by Crippen LogP contribution is -2.29. The number of hydrogen-bond donors (Lipinski definition) is 2. The Hall–Kier alpha value is -2.13. The van der Waals surface area contributed by atoms with Crippen LogP contribution in [0.25, 0.3) is 22.2 Å². The smallest absolute Gasteiger partial charge is 0.0501 e. The van der Waals surface area contributed by atoms with Gasteiger partial charge in [0.15, 0.2) is 0 Å². The Morgan fingerprint density at radius 1 is 1.00 bits per heavy atom. The third kappa shape index (κ3) is 3.60. The van der Waals surface area contributed by atoms with Gasteiger partial charge >= 0.3 is 0 Å². The third-order valence-corrected chi connectivity index (χ3v) is 6.42. The summed E-state index contributed by atoms with van der Waals surface area (Å²) >= 11 is 0. The average molecular weight is 376 g/mol. The van der Waals surface area contributed by atoms with E-state index in [4.69, 9.17) is 0 Å². The van der Waals surface area contributed by atoms with E-state index in [0.717, 1.165) is 11.4 Å². The molecule has 3 aromatic rings. The first-order valence-electron chi connectivity index (χ1n) is 10.7. The van der Waals surface area contributed by atoms with Crippen LogP contribution in [-0.4, -0.2) is 23.1 Å². The Balaban J connectivity index is 1.78. The Labute approximate surface area is 169 Å². The zero-order valence-electron chi connectivity index (χ0n) is 17.9. The van der Waals surface area contributed by atoms with Gasteiger partial charge in [-0.15, -0.1) is 0 Å². The van der Waals surface area contributed by atoms with Crippen LogP contribution >= 0.6 is 0 Å². The van der Waals surface area contributed by atoms with Crippen molar-refractivity contribution < 1.29 is 0 Å². The van der Waals surface area contributed by atoms with Gasteiger partial charge in [-0.2, -0.15) is 0 Å². The molecule has 1 aliphatic rings. The van der Waals surface area contributed by atoms with Gasteiger partial charge in [-0.3, -0.25) is 4.98 Å². The molecule has 1 fully saturated rings. The molecule has 1 aromatic carbocycles. The monoisotopic (exact) mass is 375 g/mol. The maximum absolute atomic E-state index is 4.56. The molecule has 0 amide bonds. The molecule has 0 saturated heterocycles. The van der Waals surface area contributed by atoms with Crippen LogP contribution in [0.5, 0.6) is 0 Å². The van der Waals surface area contributed by atoms with Crippen molar-refractivity contribution in [1.29, 1.82) is 0 Å². The highest BCUT2D eigenvalue weighted by Crippen LogP contribution is 2.39. The highest BCUT2D eigenvalue weighted by molar-refractivity contribution is 5.92. The molecule has 1 saturated carbocycles. The van der Waals surface area contributed by atoms with Crippen molar-refractivity contribution in [2.45, 2.75) is 71.3 Å². The van der Waals surface area contributed by atoms with Crippen LogP contribution in [0.1, 0.15) is 73.9 Å². The molecule has 2 aromatic heterocycles. The normalized spacial score (nSPS) is 20.2. The lowest BCUT2D eigenvalue weighted by atomic mass is 9.81. The lowest BCUT2D eigenvalue weighted by Gasteiger charge is -2.28. The van der Waals surface area contributed by atoms with Crippen LogP contribution in [0.15, 0.2) is 30.3 Å². The fourth-order valence-corrected chi connectivity index (χ4v) is 5.01. The molecule has 148 valence electrons. The highest BCUT2D eigenvalue weighted by Gasteiger charge is 2.23. The first-order chi connectivity index (χ1) is 13.5. The average Bonchev–Trinajstić information content (AvgIpc) is 3.06. The van der Waals surface area contributed by atoms with Gasteiger partial charge in [0.25, 0.3) is 0 Å². The topological polar surface area (TPSA) is 40.7 Å². The summed E-state index contributed by atoms with van der Waals surface area (Å²) in [4.78, 5) is 8.28. The fraction of sp³-hybridized carbons (Fsp3) is 0.480. The van der Waals surface area contributed by atoms with E-state index >= 15 is 0 Å². The van der Waals surface area contributed by atoms with Crippen molar-refractivity contribution in [3.63, 3.8) is 0 Å². The second kappa shape index (κ2) is 7.71. The minimum atomic E-state index is 0.466. The summed E-state index contributed by atoms with van der Waals surface area (Å²) in [5.41, 5.74) is 8.85. The highest BCUT2D eigenvalue weighted by atomic mass is 14.9. The van der Waals surface area contributed by atoms with Gasteiger partial charge in [0, 0.05) is 33.9 Å². The summed E-state index contributed by atoms with van der Waals surface area (Å²) in [7, 11) is 2.09. The Bertz CT molecular complexity index is 955. The summed E-state index contributed by atoms with van der Waals surface area (Å²) in [6.07, 6.45) is 5.14. The summed E-state index contributed by atoms with van der Waals surface area (Å²) in [5, 5.41) is 4.84. The van der Waals surface area contributed by atoms with Gasteiger partial charge in [0.05, 0.1) is 5.69 Å². The Kier molecular flexibility index (Phi) is 5.29. The Morgan fingerprint density at radius 3 is 2.29 bits per heavy atom. The molecule has 0 radical (unpaired) electrons. The number of benzene rings is 1. The predicted molar refractivity (Wildman–Crippen MR) is 119 cm³/mol. The summed E-state index contributed by atoms with van der Waals surface area (Å²) in [5.74, 6) is 1.16. The minimum Gasteiger partial charge on any atom is -0.354 e. The molecule has 2 N–H and O–H groups in total. The van der Waals surface area contributed by atoms with Crippen molar-refractivity contribution in [2.75, 3.05) is 7.05 Å². The maximum Gasteiger partial charge on any atom is 0.0501 e. The maximum atomic E-state index is 4.56. The molecule has 0 unspecified atom stereocenters. The number of hydrogen-bond acceptors (Lipinski definition) is 2. The first kappa shape index (κ1) is 19.2. The van der Waals surface area contributed by atoms with Crippen molar-refractivity contribution in [3.05, 3.63) is 52.8 Å². The number of aryl methyl sites for hydroxylation is 2. The van der Waals surface area contributed by atoms with Crippen LogP contribution in [0, 0.1) is 13.8 Å². The second-order valence-corrected chi connectivity index (χ2v) is 8.85. The van der Waals surface area contributed by atoms with E-state index in [-0.39, 0.29) is 0 Å². The molecule has 3 heteroatoms. The van der Waals surface area contributed by atoms with Crippen molar-refractivity contribution >= 4 is 10.9 Å². The minimum absolute atomic E-state index is 0.466. The van der Waals surface area contributed by atoms with E-state index in [9.17, 15) is 0 Å². The van der Waals surface area contributed by atoms with Gasteiger partial charge in [-0.1, -0.05) is 19.9 Å². The predicted octanol–water partition coefficient (Wildman–Crippen LogP) is 6.22. The number of pyridine rings is 1. The molecule has 1 aliphatic carbocycles. The van der Waals surface area contributed by atoms with E-state index in [1.165, 1.54) is 59.0 Å². The third-order valence-electron chi connectivity index (χ3n) is 6.42. The second-order valence-electron chi connectivity index (χ2n) is 8.85. The zero-order valence-corrected chi connectivity index (χ0v) is 17.9. The van der Waals surface area contributed by atoms with Gasteiger partial charge in [0.1, 0.15) is 0 Å². The molecule has 2 heterocycles. The number of aromatic nitrogens is 2. The van der Waals surface area contributed by atoms with E-state index in [1.807, 2.05) is 0 Å². The molecule has 0 spiro atoms. The van der Waals surface area contributed by atoms with Gasteiger partial charge in [0.2, 0.25) is 0 Å². The van der Waals surface area contributed by atoms with Gasteiger partial charge in [-0.25, -0.2) is 0 Å². The summed E-state index contributed by atoms with van der Waals surface area (Å²) < 4.78 is 0. The van der Waals surface area contributed by atoms with Crippen LogP contribution in [-0.2, 0) is 0 Å². The molecule has 0 atom stereocenters. The van der Waals surface area contributed by atoms with E-state index in [1.54, 1.807) is 0 Å². The summed E-state index contributed by atoms with van der Waals surface area (Å²) in [6.45, 7) is 8.76. The molecule has 3 nitrogen and oxygen atoms in total. The quantitative estimate of drug-likeness (QED) is 0.568. The SMILES string of the molecule is CNC1CCC(c2ccc3[nH]c(-c4cc(C)nc(C)c4)c(C(C)C)c3c2)CC1. The molecular weight excluding hydrogens is 342 g/mol. The lowest BCUT2D eigenvalue weighted by molar-refractivity contribution is 0.359. The zero-order chi connectivity index (χ0) is 19.8. The van der Waals surface area contributed by atoms with Crippen LogP contribution < -0.4 is 5.32 Å². The largest absolute Gasteiger partial charge is 0.354 e. The van der Waals surface area contributed by atoms with Crippen LogP contribution in [0.2, 0.25) is 0 Å². The number of fused-ring (bicyclic) bond motifs is 1. The number of H-pyrrole nitrogens is 1. The summed E-state index contributed by atoms with van der Waals surface area (Å²) in [6, 6.07) is 12.2. The van der Waals surface area contributed by atoms with E-state index in [2.05, 4.69) is 80.4 Å². The van der Waals surface area contributed by atoms with E-state index in [0.29, 0.717) is 17.9 Å². The number of nitrogens with zero attached hydrogens (tertiary/aromatic N) is 1. The molecule has 28 heavy (non-hydrogen) atoms.